The van der Waals surface area contributed by atoms with Crippen molar-refractivity contribution in [1.82, 2.24) is 10.2 Å². The van der Waals surface area contributed by atoms with Gasteiger partial charge in [-0.05, 0) is 25.8 Å². The maximum Gasteiger partial charge on any atom is 0.234 e. The monoisotopic (exact) mass is 242 g/mol. The largest absolute Gasteiger partial charge is 0.385 e. The maximum atomic E-state index is 11.6. The number of ether oxygens (including phenoxy) is 1. The van der Waals surface area contributed by atoms with Crippen molar-refractivity contribution < 1.29 is 14.3 Å². The van der Waals surface area contributed by atoms with Crippen molar-refractivity contribution in [3.05, 3.63) is 0 Å². The van der Waals surface area contributed by atoms with Crippen LogP contribution in [-0.4, -0.2) is 56.5 Å². The molecule has 1 unspecified atom stereocenters. The molecule has 1 heterocycles. The highest BCUT2D eigenvalue weighted by Crippen LogP contribution is 2.14. The first-order valence-electron chi connectivity index (χ1n) is 6.23. The molecule has 0 aliphatic carbocycles. The van der Waals surface area contributed by atoms with Crippen LogP contribution in [0.3, 0.4) is 0 Å². The van der Waals surface area contributed by atoms with E-state index in [0.717, 1.165) is 38.5 Å². The van der Waals surface area contributed by atoms with Crippen LogP contribution in [0.2, 0.25) is 0 Å². The van der Waals surface area contributed by atoms with Gasteiger partial charge in [-0.1, -0.05) is 6.42 Å². The topological polar surface area (TPSA) is 58.6 Å². The fraction of sp³-hybridized carbons (Fsp3) is 0.833. The summed E-state index contributed by atoms with van der Waals surface area (Å²) in [7, 11) is 1.64. The van der Waals surface area contributed by atoms with Gasteiger partial charge in [-0.2, -0.15) is 0 Å². The lowest BCUT2D eigenvalue weighted by Crippen LogP contribution is -2.46. The Kier molecular flexibility index (Phi) is 6.81. The van der Waals surface area contributed by atoms with Crippen LogP contribution in [0, 0.1) is 0 Å². The number of carbonyl (C=O) groups excluding carboxylic acids is 2. The highest BCUT2D eigenvalue weighted by molar-refractivity contribution is 5.78. The van der Waals surface area contributed by atoms with Crippen LogP contribution in [0.15, 0.2) is 0 Å². The molecule has 0 spiro atoms. The Balaban J connectivity index is 2.21. The minimum atomic E-state index is -0.0755. The van der Waals surface area contributed by atoms with Crippen LogP contribution in [0.5, 0.6) is 0 Å². The molecule has 17 heavy (non-hydrogen) atoms. The van der Waals surface area contributed by atoms with Gasteiger partial charge in [-0.3, -0.25) is 9.69 Å². The summed E-state index contributed by atoms with van der Waals surface area (Å²) in [6.45, 7) is 2.46. The number of rotatable bonds is 7. The molecule has 1 amide bonds. The number of amides is 1. The second-order valence-corrected chi connectivity index (χ2v) is 4.37. The zero-order valence-electron chi connectivity index (χ0n) is 10.5. The van der Waals surface area contributed by atoms with Crippen LogP contribution in [0.4, 0.5) is 0 Å². The van der Waals surface area contributed by atoms with Gasteiger partial charge >= 0.3 is 0 Å². The third kappa shape index (κ3) is 5.28. The molecule has 0 radical (unpaired) electrons. The summed E-state index contributed by atoms with van der Waals surface area (Å²) in [4.78, 5) is 24.4. The summed E-state index contributed by atoms with van der Waals surface area (Å²) in [6.07, 6.45) is 4.80. The van der Waals surface area contributed by atoms with Crippen molar-refractivity contribution in [3.8, 4) is 0 Å². The normalized spacial score (nSPS) is 21.1. The molecular formula is C12H22N2O3. The van der Waals surface area contributed by atoms with Gasteiger partial charge < -0.3 is 14.8 Å². The van der Waals surface area contributed by atoms with Crippen molar-refractivity contribution in [1.29, 1.82) is 0 Å². The van der Waals surface area contributed by atoms with E-state index in [2.05, 4.69) is 5.32 Å². The van der Waals surface area contributed by atoms with E-state index in [9.17, 15) is 9.59 Å². The SMILES string of the molecule is COCCCNC(=O)CN1CCCCC1C=O. The van der Waals surface area contributed by atoms with Gasteiger partial charge in [0, 0.05) is 20.3 Å². The maximum absolute atomic E-state index is 11.6. The Morgan fingerprint density at radius 2 is 2.35 bits per heavy atom. The first-order chi connectivity index (χ1) is 8.27. The third-order valence-electron chi connectivity index (χ3n) is 3.02. The molecule has 0 aromatic carbocycles. The minimum absolute atomic E-state index is 0.00477. The Bertz CT molecular complexity index is 246. The number of methoxy groups -OCH3 is 1. The third-order valence-corrected chi connectivity index (χ3v) is 3.02. The van der Waals surface area contributed by atoms with E-state index >= 15 is 0 Å². The van der Waals surface area contributed by atoms with Crippen molar-refractivity contribution >= 4 is 12.2 Å². The molecule has 1 fully saturated rings. The molecule has 5 heteroatoms. The molecule has 5 nitrogen and oxygen atoms in total. The molecule has 98 valence electrons. The molecule has 1 N–H and O–H groups in total. The van der Waals surface area contributed by atoms with Gasteiger partial charge in [0.25, 0.3) is 0 Å². The van der Waals surface area contributed by atoms with Gasteiger partial charge in [0.1, 0.15) is 6.29 Å². The molecule has 0 saturated carbocycles. The van der Waals surface area contributed by atoms with Crippen molar-refractivity contribution in [2.45, 2.75) is 31.7 Å². The molecule has 0 aromatic rings. The molecule has 1 aliphatic rings. The summed E-state index contributed by atoms with van der Waals surface area (Å²) >= 11 is 0. The van der Waals surface area contributed by atoms with Gasteiger partial charge in [0.05, 0.1) is 12.6 Å². The molecule has 0 aromatic heterocycles. The lowest BCUT2D eigenvalue weighted by Gasteiger charge is -2.31. The van der Waals surface area contributed by atoms with Gasteiger partial charge in [-0.25, -0.2) is 0 Å². The van der Waals surface area contributed by atoms with Crippen molar-refractivity contribution in [3.63, 3.8) is 0 Å². The highest BCUT2D eigenvalue weighted by Gasteiger charge is 2.23. The predicted molar refractivity (Wildman–Crippen MR) is 64.8 cm³/mol. The number of nitrogens with one attached hydrogen (secondary N) is 1. The smallest absolute Gasteiger partial charge is 0.234 e. The number of aldehydes is 1. The summed E-state index contributed by atoms with van der Waals surface area (Å²) < 4.78 is 4.90. The summed E-state index contributed by atoms with van der Waals surface area (Å²) in [5.74, 6) is -0.00477. The second kappa shape index (κ2) is 8.20. The number of piperidine rings is 1. The van der Waals surface area contributed by atoms with Gasteiger partial charge in [0.15, 0.2) is 0 Å². The highest BCUT2D eigenvalue weighted by atomic mass is 16.5. The van der Waals surface area contributed by atoms with E-state index in [4.69, 9.17) is 4.74 Å². The number of hydrogen-bond acceptors (Lipinski definition) is 4. The van der Waals surface area contributed by atoms with Crippen LogP contribution in [-0.2, 0) is 14.3 Å². The predicted octanol–water partition coefficient (Wildman–Crippen LogP) is 0.193. The van der Waals surface area contributed by atoms with Gasteiger partial charge in [0.2, 0.25) is 5.91 Å². The molecular weight excluding hydrogens is 220 g/mol. The summed E-state index contributed by atoms with van der Waals surface area (Å²) in [5, 5.41) is 2.83. The van der Waals surface area contributed by atoms with Gasteiger partial charge in [-0.15, -0.1) is 0 Å². The second-order valence-electron chi connectivity index (χ2n) is 4.37. The summed E-state index contributed by atoms with van der Waals surface area (Å²) in [6, 6.07) is -0.0755. The lowest BCUT2D eigenvalue weighted by molar-refractivity contribution is -0.124. The Morgan fingerprint density at radius 1 is 1.53 bits per heavy atom. The molecule has 1 saturated heterocycles. The van der Waals surface area contributed by atoms with Crippen LogP contribution in [0.25, 0.3) is 0 Å². The summed E-state index contributed by atoms with van der Waals surface area (Å²) in [5.41, 5.74) is 0. The minimum Gasteiger partial charge on any atom is -0.385 e. The van der Waals surface area contributed by atoms with Crippen molar-refractivity contribution in [2.24, 2.45) is 0 Å². The molecule has 1 rings (SSSR count). The van der Waals surface area contributed by atoms with E-state index in [1.165, 1.54) is 0 Å². The average Bonchev–Trinajstić information content (AvgIpc) is 2.35. The van der Waals surface area contributed by atoms with E-state index < -0.39 is 0 Å². The van der Waals surface area contributed by atoms with E-state index in [-0.39, 0.29) is 11.9 Å². The number of nitrogens with zero attached hydrogens (tertiary/aromatic N) is 1. The first kappa shape index (κ1) is 14.1. The standard InChI is InChI=1S/C12H22N2O3/c1-17-8-4-6-13-12(16)9-14-7-3-2-5-11(14)10-15/h10-11H,2-9H2,1H3,(H,13,16). The first-order valence-corrected chi connectivity index (χ1v) is 6.23. The molecule has 1 atom stereocenters. The Labute approximate surface area is 102 Å². The zero-order valence-corrected chi connectivity index (χ0v) is 10.5. The van der Waals surface area contributed by atoms with E-state index in [1.807, 2.05) is 4.90 Å². The molecule has 1 aliphatic heterocycles. The van der Waals surface area contributed by atoms with Crippen LogP contribution in [0.1, 0.15) is 25.7 Å². The van der Waals surface area contributed by atoms with E-state index in [1.54, 1.807) is 7.11 Å². The lowest BCUT2D eigenvalue weighted by atomic mass is 10.0. The number of likely N-dealkylation sites (tertiary alicyclic amines) is 1. The quantitative estimate of drug-likeness (QED) is 0.511. The fourth-order valence-corrected chi connectivity index (χ4v) is 2.05. The Hall–Kier alpha value is -0.940. The Morgan fingerprint density at radius 3 is 3.06 bits per heavy atom. The van der Waals surface area contributed by atoms with E-state index in [0.29, 0.717) is 19.7 Å². The average molecular weight is 242 g/mol. The van der Waals surface area contributed by atoms with Crippen LogP contribution < -0.4 is 5.32 Å². The zero-order chi connectivity index (χ0) is 12.5. The number of carbonyl (C=O) groups is 2. The fourth-order valence-electron chi connectivity index (χ4n) is 2.05. The van der Waals surface area contributed by atoms with Crippen molar-refractivity contribution in [2.75, 3.05) is 33.4 Å². The van der Waals surface area contributed by atoms with Crippen LogP contribution >= 0.6 is 0 Å². The molecule has 0 bridgehead atoms. The number of hydrogen-bond donors (Lipinski definition) is 1.